The number of anilines is 1. The summed E-state index contributed by atoms with van der Waals surface area (Å²) in [5.41, 5.74) is 0.724. The number of fused-ring (bicyclic) bond motifs is 1. The van der Waals surface area contributed by atoms with Crippen molar-refractivity contribution in [3.8, 4) is 11.5 Å². The van der Waals surface area contributed by atoms with Crippen LogP contribution in [0.15, 0.2) is 18.2 Å². The van der Waals surface area contributed by atoms with E-state index in [1.807, 2.05) is 17.0 Å². The summed E-state index contributed by atoms with van der Waals surface area (Å²) in [5, 5.41) is 2.92. The summed E-state index contributed by atoms with van der Waals surface area (Å²) in [5.74, 6) is 1.39. The molecule has 1 aromatic carbocycles. The lowest BCUT2D eigenvalue weighted by molar-refractivity contribution is 0.130. The van der Waals surface area contributed by atoms with Gasteiger partial charge in [-0.25, -0.2) is 4.79 Å². The number of piperazine rings is 1. The van der Waals surface area contributed by atoms with E-state index in [1.54, 1.807) is 13.2 Å². The summed E-state index contributed by atoms with van der Waals surface area (Å²) in [6.07, 6.45) is 1.03. The zero-order valence-corrected chi connectivity index (χ0v) is 13.4. The Morgan fingerprint density at radius 3 is 2.78 bits per heavy atom. The number of methoxy groups -OCH3 is 1. The number of urea groups is 1. The van der Waals surface area contributed by atoms with Crippen molar-refractivity contribution in [2.75, 3.05) is 58.6 Å². The van der Waals surface area contributed by atoms with E-state index in [1.165, 1.54) is 0 Å². The minimum Gasteiger partial charge on any atom is -0.454 e. The minimum absolute atomic E-state index is 0.0691. The first-order valence-electron chi connectivity index (χ1n) is 7.93. The van der Waals surface area contributed by atoms with E-state index in [0.29, 0.717) is 11.5 Å². The molecule has 0 bridgehead atoms. The Bertz CT molecular complexity index is 544. The molecule has 1 aromatic rings. The van der Waals surface area contributed by atoms with Crippen molar-refractivity contribution >= 4 is 11.7 Å². The van der Waals surface area contributed by atoms with Gasteiger partial charge in [-0.05, 0) is 18.6 Å². The van der Waals surface area contributed by atoms with Crippen LogP contribution in [0.25, 0.3) is 0 Å². The van der Waals surface area contributed by atoms with Gasteiger partial charge in [-0.1, -0.05) is 0 Å². The molecule has 1 saturated heterocycles. The minimum atomic E-state index is -0.0691. The third kappa shape index (κ3) is 4.05. The summed E-state index contributed by atoms with van der Waals surface area (Å²) in [6, 6.07) is 5.36. The Labute approximate surface area is 136 Å². The first kappa shape index (κ1) is 15.9. The summed E-state index contributed by atoms with van der Waals surface area (Å²) < 4.78 is 15.7. The molecule has 126 valence electrons. The van der Waals surface area contributed by atoms with Crippen LogP contribution in [-0.4, -0.2) is 69.1 Å². The van der Waals surface area contributed by atoms with E-state index in [-0.39, 0.29) is 12.8 Å². The molecule has 0 spiro atoms. The maximum atomic E-state index is 12.3. The lowest BCUT2D eigenvalue weighted by Gasteiger charge is -2.34. The molecule has 0 saturated carbocycles. The molecular formula is C16H23N3O4. The number of hydrogen-bond acceptors (Lipinski definition) is 5. The Kier molecular flexibility index (Phi) is 5.19. The van der Waals surface area contributed by atoms with Gasteiger partial charge in [0.15, 0.2) is 11.5 Å². The van der Waals surface area contributed by atoms with E-state index >= 15 is 0 Å². The molecule has 23 heavy (non-hydrogen) atoms. The van der Waals surface area contributed by atoms with E-state index in [9.17, 15) is 4.79 Å². The van der Waals surface area contributed by atoms with Gasteiger partial charge in [0.1, 0.15) is 0 Å². The molecule has 2 amide bonds. The number of ether oxygens (including phenoxy) is 3. The van der Waals surface area contributed by atoms with Crippen LogP contribution in [0, 0.1) is 0 Å². The summed E-state index contributed by atoms with van der Waals surface area (Å²) >= 11 is 0. The SMILES string of the molecule is COCCCN1CCN(C(=O)Nc2ccc3c(c2)OCO3)CC1. The summed E-state index contributed by atoms with van der Waals surface area (Å²) in [7, 11) is 1.72. The second kappa shape index (κ2) is 7.52. The molecule has 7 nitrogen and oxygen atoms in total. The predicted molar refractivity (Wildman–Crippen MR) is 86.1 cm³/mol. The van der Waals surface area contributed by atoms with Gasteiger partial charge < -0.3 is 24.4 Å². The van der Waals surface area contributed by atoms with Crippen molar-refractivity contribution in [3.05, 3.63) is 18.2 Å². The van der Waals surface area contributed by atoms with Crippen LogP contribution >= 0.6 is 0 Å². The normalized spacial score (nSPS) is 17.3. The van der Waals surface area contributed by atoms with Gasteiger partial charge in [-0.2, -0.15) is 0 Å². The lowest BCUT2D eigenvalue weighted by atomic mass is 10.2. The van der Waals surface area contributed by atoms with E-state index in [0.717, 1.165) is 51.4 Å². The quantitative estimate of drug-likeness (QED) is 0.835. The van der Waals surface area contributed by atoms with Crippen LogP contribution in [0.3, 0.4) is 0 Å². The van der Waals surface area contributed by atoms with Crippen molar-refractivity contribution < 1.29 is 19.0 Å². The highest BCUT2D eigenvalue weighted by Crippen LogP contribution is 2.34. The Balaban J connectivity index is 1.46. The maximum absolute atomic E-state index is 12.3. The van der Waals surface area contributed by atoms with Gasteiger partial charge in [0.25, 0.3) is 0 Å². The average molecular weight is 321 g/mol. The molecule has 0 radical (unpaired) electrons. The van der Waals surface area contributed by atoms with Crippen molar-refractivity contribution in [2.45, 2.75) is 6.42 Å². The van der Waals surface area contributed by atoms with Crippen molar-refractivity contribution in [2.24, 2.45) is 0 Å². The molecule has 7 heteroatoms. The molecule has 3 rings (SSSR count). The lowest BCUT2D eigenvalue weighted by Crippen LogP contribution is -2.50. The number of benzene rings is 1. The average Bonchev–Trinajstić information content (AvgIpc) is 3.03. The zero-order valence-electron chi connectivity index (χ0n) is 13.4. The molecule has 0 unspecified atom stereocenters. The van der Waals surface area contributed by atoms with Gasteiger partial charge in [0.2, 0.25) is 6.79 Å². The Morgan fingerprint density at radius 1 is 1.22 bits per heavy atom. The topological polar surface area (TPSA) is 63.3 Å². The number of hydrogen-bond donors (Lipinski definition) is 1. The number of carbonyl (C=O) groups excluding carboxylic acids is 1. The van der Waals surface area contributed by atoms with E-state index in [2.05, 4.69) is 10.2 Å². The highest BCUT2D eigenvalue weighted by molar-refractivity contribution is 5.89. The largest absolute Gasteiger partial charge is 0.454 e. The van der Waals surface area contributed by atoms with Crippen molar-refractivity contribution in [1.82, 2.24) is 9.80 Å². The van der Waals surface area contributed by atoms with Crippen LogP contribution in [0.5, 0.6) is 11.5 Å². The van der Waals surface area contributed by atoms with Gasteiger partial charge in [0, 0.05) is 58.2 Å². The molecular weight excluding hydrogens is 298 g/mol. The second-order valence-electron chi connectivity index (χ2n) is 5.67. The molecule has 2 aliphatic rings. The van der Waals surface area contributed by atoms with E-state index < -0.39 is 0 Å². The predicted octanol–water partition coefficient (Wildman–Crippen LogP) is 1.60. The number of carbonyl (C=O) groups is 1. The molecule has 1 fully saturated rings. The molecule has 2 aliphatic heterocycles. The number of rotatable bonds is 5. The van der Waals surface area contributed by atoms with Crippen LogP contribution in [0.1, 0.15) is 6.42 Å². The van der Waals surface area contributed by atoms with Crippen LogP contribution in [-0.2, 0) is 4.74 Å². The highest BCUT2D eigenvalue weighted by Gasteiger charge is 2.21. The monoisotopic (exact) mass is 321 g/mol. The van der Waals surface area contributed by atoms with Crippen LogP contribution < -0.4 is 14.8 Å². The molecule has 2 heterocycles. The second-order valence-corrected chi connectivity index (χ2v) is 5.67. The first-order chi connectivity index (χ1) is 11.3. The summed E-state index contributed by atoms with van der Waals surface area (Å²) in [6.45, 7) is 5.32. The molecule has 0 aromatic heterocycles. The van der Waals surface area contributed by atoms with Crippen LogP contribution in [0.4, 0.5) is 10.5 Å². The third-order valence-electron chi connectivity index (χ3n) is 4.11. The van der Waals surface area contributed by atoms with Gasteiger partial charge in [0.05, 0.1) is 0 Å². The van der Waals surface area contributed by atoms with Gasteiger partial charge in [-0.3, -0.25) is 4.90 Å². The fraction of sp³-hybridized carbons (Fsp3) is 0.562. The maximum Gasteiger partial charge on any atom is 0.321 e. The Morgan fingerprint density at radius 2 is 2.00 bits per heavy atom. The fourth-order valence-electron chi connectivity index (χ4n) is 2.78. The number of nitrogens with one attached hydrogen (secondary N) is 1. The molecule has 1 N–H and O–H groups in total. The smallest absolute Gasteiger partial charge is 0.321 e. The van der Waals surface area contributed by atoms with Crippen LogP contribution in [0.2, 0.25) is 0 Å². The molecule has 0 aliphatic carbocycles. The highest BCUT2D eigenvalue weighted by atomic mass is 16.7. The zero-order chi connectivity index (χ0) is 16.1. The first-order valence-corrected chi connectivity index (χ1v) is 7.93. The number of amides is 2. The standard InChI is InChI=1S/C16H23N3O4/c1-21-10-2-5-18-6-8-19(9-7-18)16(20)17-13-3-4-14-15(11-13)23-12-22-14/h3-4,11H,2,5-10,12H2,1H3,(H,17,20). The summed E-state index contributed by atoms with van der Waals surface area (Å²) in [4.78, 5) is 16.5. The van der Waals surface area contributed by atoms with E-state index in [4.69, 9.17) is 14.2 Å². The third-order valence-corrected chi connectivity index (χ3v) is 4.11. The van der Waals surface area contributed by atoms with Crippen molar-refractivity contribution in [1.29, 1.82) is 0 Å². The Hall–Kier alpha value is -1.99. The van der Waals surface area contributed by atoms with Gasteiger partial charge >= 0.3 is 6.03 Å². The number of nitrogens with zero attached hydrogens (tertiary/aromatic N) is 2. The molecule has 0 atom stereocenters. The van der Waals surface area contributed by atoms with Gasteiger partial charge in [-0.15, -0.1) is 0 Å². The van der Waals surface area contributed by atoms with Crippen molar-refractivity contribution in [3.63, 3.8) is 0 Å². The fourth-order valence-corrected chi connectivity index (χ4v) is 2.78.